The van der Waals surface area contributed by atoms with Gasteiger partial charge in [-0.3, -0.25) is 10.1 Å². The molecule has 0 N–H and O–H groups in total. The summed E-state index contributed by atoms with van der Waals surface area (Å²) in [5, 5.41) is 10.3. The number of rotatable bonds is 3. The minimum Gasteiger partial charge on any atom is -0.380 e. The lowest BCUT2D eigenvalue weighted by Gasteiger charge is -1.96. The zero-order chi connectivity index (χ0) is 8.97. The predicted molar refractivity (Wildman–Crippen MR) is 42.6 cm³/mol. The van der Waals surface area contributed by atoms with Crippen molar-refractivity contribution in [3.8, 4) is 0 Å². The van der Waals surface area contributed by atoms with E-state index in [4.69, 9.17) is 4.74 Å². The van der Waals surface area contributed by atoms with Gasteiger partial charge in [0.25, 0.3) is 5.69 Å². The van der Waals surface area contributed by atoms with Crippen molar-refractivity contribution < 1.29 is 9.66 Å². The number of nitro benzene ring substituents is 1. The van der Waals surface area contributed by atoms with Crippen molar-refractivity contribution in [2.24, 2.45) is 0 Å². The average molecular weight is 166 g/mol. The molecular weight excluding hydrogens is 158 g/mol. The Kier molecular flexibility index (Phi) is 2.76. The first-order valence-corrected chi connectivity index (χ1v) is 3.38. The molecule has 1 rings (SSSR count). The van der Waals surface area contributed by atoms with E-state index in [9.17, 15) is 10.1 Å². The highest BCUT2D eigenvalue weighted by Crippen LogP contribution is 2.12. The van der Waals surface area contributed by atoms with E-state index in [1.165, 1.54) is 13.2 Å². The summed E-state index contributed by atoms with van der Waals surface area (Å²) < 4.78 is 4.81. The van der Waals surface area contributed by atoms with E-state index in [1.54, 1.807) is 12.1 Å². The molecule has 1 aromatic carbocycles. The molecular formula is C8H8NO3. The van der Waals surface area contributed by atoms with Gasteiger partial charge in [0, 0.05) is 13.2 Å². The third kappa shape index (κ3) is 2.03. The van der Waals surface area contributed by atoms with Crippen LogP contribution in [0.5, 0.6) is 0 Å². The number of ether oxygens (including phenoxy) is 1. The van der Waals surface area contributed by atoms with Gasteiger partial charge < -0.3 is 4.74 Å². The zero-order valence-corrected chi connectivity index (χ0v) is 6.61. The molecule has 4 heteroatoms. The Bertz CT molecular complexity index is 285. The van der Waals surface area contributed by atoms with Crippen LogP contribution in [0, 0.1) is 16.2 Å². The van der Waals surface area contributed by atoms with Gasteiger partial charge >= 0.3 is 0 Å². The molecule has 63 valence electrons. The van der Waals surface area contributed by atoms with E-state index >= 15 is 0 Å². The van der Waals surface area contributed by atoms with Gasteiger partial charge in [-0.2, -0.15) is 0 Å². The van der Waals surface area contributed by atoms with Crippen molar-refractivity contribution in [2.45, 2.75) is 6.61 Å². The number of hydrogen-bond acceptors (Lipinski definition) is 3. The van der Waals surface area contributed by atoms with Crippen molar-refractivity contribution in [2.75, 3.05) is 7.11 Å². The van der Waals surface area contributed by atoms with E-state index in [-0.39, 0.29) is 5.69 Å². The van der Waals surface area contributed by atoms with Gasteiger partial charge in [-0.25, -0.2) is 0 Å². The molecule has 0 unspecified atom stereocenters. The summed E-state index contributed by atoms with van der Waals surface area (Å²) in [5.74, 6) is 0. The number of nitro groups is 1. The lowest BCUT2D eigenvalue weighted by molar-refractivity contribution is -0.385. The highest BCUT2D eigenvalue weighted by molar-refractivity contribution is 5.32. The Morgan fingerprint density at radius 1 is 1.67 bits per heavy atom. The Labute approximate surface area is 69.9 Å². The fourth-order valence-corrected chi connectivity index (χ4v) is 0.849. The molecule has 0 fully saturated rings. The third-order valence-electron chi connectivity index (χ3n) is 1.34. The van der Waals surface area contributed by atoms with Crippen LogP contribution in [-0.2, 0) is 11.3 Å². The maximum Gasteiger partial charge on any atom is 0.277 e. The van der Waals surface area contributed by atoms with E-state index in [1.807, 2.05) is 0 Å². The van der Waals surface area contributed by atoms with Crippen molar-refractivity contribution in [1.29, 1.82) is 0 Å². The number of hydrogen-bond donors (Lipinski definition) is 0. The van der Waals surface area contributed by atoms with Crippen LogP contribution in [0.15, 0.2) is 18.2 Å². The fraction of sp³-hybridized carbons (Fsp3) is 0.250. The Morgan fingerprint density at radius 2 is 2.42 bits per heavy atom. The van der Waals surface area contributed by atoms with Crippen LogP contribution >= 0.6 is 0 Å². The molecule has 0 aliphatic carbocycles. The summed E-state index contributed by atoms with van der Waals surface area (Å²) in [5.41, 5.74) is 0.663. The van der Waals surface area contributed by atoms with Crippen LogP contribution in [-0.4, -0.2) is 12.0 Å². The van der Waals surface area contributed by atoms with Gasteiger partial charge in [-0.05, 0) is 5.56 Å². The number of non-ortho nitro benzene ring substituents is 1. The molecule has 0 heterocycles. The second kappa shape index (κ2) is 3.82. The van der Waals surface area contributed by atoms with Crippen LogP contribution in [0.25, 0.3) is 0 Å². The average Bonchev–Trinajstić information content (AvgIpc) is 2.05. The summed E-state index contributed by atoms with van der Waals surface area (Å²) >= 11 is 0. The maximum atomic E-state index is 10.3. The molecule has 1 aromatic rings. The Hall–Kier alpha value is -1.42. The molecule has 4 nitrogen and oxygen atoms in total. The molecule has 0 aromatic heterocycles. The summed E-state index contributed by atoms with van der Waals surface area (Å²) in [7, 11) is 1.53. The highest BCUT2D eigenvalue weighted by atomic mass is 16.6. The van der Waals surface area contributed by atoms with Gasteiger partial charge in [-0.15, -0.1) is 0 Å². The van der Waals surface area contributed by atoms with E-state index in [2.05, 4.69) is 6.07 Å². The molecule has 0 saturated carbocycles. The first-order chi connectivity index (χ1) is 5.74. The third-order valence-corrected chi connectivity index (χ3v) is 1.34. The minimum atomic E-state index is -0.473. The van der Waals surface area contributed by atoms with Crippen molar-refractivity contribution in [1.82, 2.24) is 0 Å². The smallest absolute Gasteiger partial charge is 0.277 e. The molecule has 0 atom stereocenters. The molecule has 0 aliphatic heterocycles. The predicted octanol–water partition coefficient (Wildman–Crippen LogP) is 1.54. The van der Waals surface area contributed by atoms with Crippen LogP contribution in [0.1, 0.15) is 5.56 Å². The fourth-order valence-electron chi connectivity index (χ4n) is 0.849. The van der Waals surface area contributed by atoms with Gasteiger partial charge in [-0.1, -0.05) is 12.1 Å². The SMILES string of the molecule is COCc1[c]c([N+](=O)[O-])ccc1. The summed E-state index contributed by atoms with van der Waals surface area (Å²) in [4.78, 5) is 9.82. The summed E-state index contributed by atoms with van der Waals surface area (Å²) in [6.07, 6.45) is 0. The summed E-state index contributed by atoms with van der Waals surface area (Å²) in [6.45, 7) is 0.349. The topological polar surface area (TPSA) is 52.4 Å². The van der Waals surface area contributed by atoms with Gasteiger partial charge in [0.05, 0.1) is 17.6 Å². The molecule has 0 bridgehead atoms. The first-order valence-electron chi connectivity index (χ1n) is 3.38. The quantitative estimate of drug-likeness (QED) is 0.505. The molecule has 0 amide bonds. The molecule has 1 radical (unpaired) electrons. The molecule has 0 saturated heterocycles. The second-order valence-corrected chi connectivity index (χ2v) is 2.25. The van der Waals surface area contributed by atoms with Crippen LogP contribution in [0.3, 0.4) is 0 Å². The monoisotopic (exact) mass is 166 g/mol. The second-order valence-electron chi connectivity index (χ2n) is 2.25. The lowest BCUT2D eigenvalue weighted by Crippen LogP contribution is -1.92. The molecule has 12 heavy (non-hydrogen) atoms. The Morgan fingerprint density at radius 3 is 3.00 bits per heavy atom. The van der Waals surface area contributed by atoms with Gasteiger partial charge in [0.15, 0.2) is 0 Å². The van der Waals surface area contributed by atoms with Gasteiger partial charge in [0.2, 0.25) is 0 Å². The summed E-state index contributed by atoms with van der Waals surface area (Å²) in [6, 6.07) is 7.37. The maximum absolute atomic E-state index is 10.3. The zero-order valence-electron chi connectivity index (χ0n) is 6.61. The molecule has 0 aliphatic rings. The van der Waals surface area contributed by atoms with Crippen molar-refractivity contribution >= 4 is 5.69 Å². The standard InChI is InChI=1S/C8H8NO3/c1-12-6-7-3-2-4-8(5-7)9(10)11/h2-4H,6H2,1H3. The van der Waals surface area contributed by atoms with Crippen LogP contribution in [0.4, 0.5) is 5.69 Å². The minimum absolute atomic E-state index is 0.0236. The lowest BCUT2D eigenvalue weighted by atomic mass is 10.2. The molecule has 0 spiro atoms. The van der Waals surface area contributed by atoms with E-state index in [0.29, 0.717) is 12.2 Å². The van der Waals surface area contributed by atoms with Crippen LogP contribution in [0.2, 0.25) is 0 Å². The van der Waals surface area contributed by atoms with Crippen LogP contribution < -0.4 is 0 Å². The number of methoxy groups -OCH3 is 1. The van der Waals surface area contributed by atoms with Gasteiger partial charge in [0.1, 0.15) is 0 Å². The van der Waals surface area contributed by atoms with E-state index < -0.39 is 4.92 Å². The normalized spacial score (nSPS) is 9.75. The van der Waals surface area contributed by atoms with Crippen molar-refractivity contribution in [3.05, 3.63) is 39.9 Å². The largest absolute Gasteiger partial charge is 0.380 e. The first kappa shape index (κ1) is 8.67. The Balaban J connectivity index is 2.88. The van der Waals surface area contributed by atoms with E-state index in [0.717, 1.165) is 0 Å². The number of benzene rings is 1. The highest BCUT2D eigenvalue weighted by Gasteiger charge is 2.05. The number of nitrogens with zero attached hydrogens (tertiary/aromatic N) is 1. The van der Waals surface area contributed by atoms with Crippen molar-refractivity contribution in [3.63, 3.8) is 0 Å².